The van der Waals surface area contributed by atoms with Crippen LogP contribution >= 0.6 is 11.6 Å². The molecule has 6 nitrogen and oxygen atoms in total. The van der Waals surface area contributed by atoms with Crippen LogP contribution in [0.15, 0.2) is 97.1 Å². The third kappa shape index (κ3) is 3.48. The molecule has 1 saturated heterocycles. The molecule has 0 amide bonds. The number of nitrogens with zero attached hydrogens (tertiary/aromatic N) is 1. The van der Waals surface area contributed by atoms with Gasteiger partial charge >= 0.3 is 0 Å². The average Bonchev–Trinajstić information content (AvgIpc) is 3.46. The predicted molar refractivity (Wildman–Crippen MR) is 161 cm³/mol. The Morgan fingerprint density at radius 1 is 0.810 bits per heavy atom. The summed E-state index contributed by atoms with van der Waals surface area (Å²) < 4.78 is 11.1. The summed E-state index contributed by atoms with van der Waals surface area (Å²) in [5.41, 5.74) is 1.81. The maximum atomic E-state index is 14.7. The van der Waals surface area contributed by atoms with Crippen LogP contribution in [0.5, 0.6) is 11.5 Å². The summed E-state index contributed by atoms with van der Waals surface area (Å²) in [6, 6.07) is 25.1. The predicted octanol–water partition coefficient (Wildman–Crippen LogP) is 6.67. The molecule has 0 aromatic heterocycles. The molecule has 3 aliphatic rings. The normalized spacial score (nSPS) is 21.2. The molecule has 7 heteroatoms. The topological polar surface area (TPSA) is 72.9 Å². The van der Waals surface area contributed by atoms with Crippen LogP contribution in [0.2, 0.25) is 5.02 Å². The number of ether oxygens (including phenoxy) is 2. The van der Waals surface area contributed by atoms with E-state index in [1.165, 1.54) is 7.11 Å². The lowest BCUT2D eigenvalue weighted by molar-refractivity contribution is 0.0665. The van der Waals surface area contributed by atoms with Crippen LogP contribution in [0, 0.1) is 5.41 Å². The monoisotopic (exact) mass is 575 g/mol. The largest absolute Gasteiger partial charge is 0.493 e. The van der Waals surface area contributed by atoms with E-state index >= 15 is 0 Å². The number of carbonyl (C=O) groups is 3. The van der Waals surface area contributed by atoms with Gasteiger partial charge in [0.2, 0.25) is 0 Å². The Balaban J connectivity index is 1.56. The van der Waals surface area contributed by atoms with Crippen LogP contribution in [0.1, 0.15) is 48.1 Å². The molecule has 1 fully saturated rings. The molecule has 4 aromatic carbocycles. The van der Waals surface area contributed by atoms with Crippen molar-refractivity contribution in [2.24, 2.45) is 5.41 Å². The fourth-order valence-electron chi connectivity index (χ4n) is 7.14. The van der Waals surface area contributed by atoms with E-state index in [0.29, 0.717) is 38.8 Å². The minimum atomic E-state index is -1.60. The molecule has 3 atom stereocenters. The fraction of sp³-hybridized carbons (Fsp3) is 0.171. The SMILES string of the molecule is COc1ccc([C@@H]2[C@H](C(=O)c3ccccc3)N3c4ccc(Cl)cc4C=C[C@H]3C23C(=O)c2ccccc2C3=O)cc1OC. The van der Waals surface area contributed by atoms with Gasteiger partial charge in [0.25, 0.3) is 0 Å². The van der Waals surface area contributed by atoms with Crippen molar-refractivity contribution >= 4 is 40.7 Å². The number of ketones is 3. The van der Waals surface area contributed by atoms with Crippen molar-refractivity contribution in [3.8, 4) is 11.5 Å². The van der Waals surface area contributed by atoms with Crippen molar-refractivity contribution < 1.29 is 23.9 Å². The number of benzene rings is 4. The number of fused-ring (bicyclic) bond motifs is 5. The lowest BCUT2D eigenvalue weighted by atomic mass is 9.64. The minimum Gasteiger partial charge on any atom is -0.493 e. The average molecular weight is 576 g/mol. The Bertz CT molecular complexity index is 1780. The van der Waals surface area contributed by atoms with Gasteiger partial charge in [0, 0.05) is 33.3 Å². The number of halogens is 1. The van der Waals surface area contributed by atoms with E-state index in [1.807, 2.05) is 53.5 Å². The van der Waals surface area contributed by atoms with Gasteiger partial charge in [0.1, 0.15) is 11.5 Å². The van der Waals surface area contributed by atoms with E-state index in [4.69, 9.17) is 21.1 Å². The first-order chi connectivity index (χ1) is 20.4. The molecule has 2 aliphatic heterocycles. The number of carbonyl (C=O) groups excluding carboxylic acids is 3. The van der Waals surface area contributed by atoms with E-state index in [-0.39, 0.29) is 17.3 Å². The molecule has 0 radical (unpaired) electrons. The van der Waals surface area contributed by atoms with Crippen LogP contribution < -0.4 is 14.4 Å². The van der Waals surface area contributed by atoms with E-state index in [2.05, 4.69) is 0 Å². The molecule has 42 heavy (non-hydrogen) atoms. The van der Waals surface area contributed by atoms with Gasteiger partial charge in [-0.05, 0) is 41.5 Å². The first kappa shape index (κ1) is 26.2. The summed E-state index contributed by atoms with van der Waals surface area (Å²) >= 11 is 6.38. The van der Waals surface area contributed by atoms with Gasteiger partial charge in [0.15, 0.2) is 28.8 Å². The molecule has 1 spiro atoms. The third-order valence-corrected chi connectivity index (χ3v) is 9.09. The Labute approximate surface area is 248 Å². The van der Waals surface area contributed by atoms with Crippen LogP contribution in [-0.4, -0.2) is 43.7 Å². The zero-order valence-electron chi connectivity index (χ0n) is 22.9. The minimum absolute atomic E-state index is 0.190. The summed E-state index contributed by atoms with van der Waals surface area (Å²) in [5.74, 6) is -0.673. The highest BCUT2D eigenvalue weighted by Crippen LogP contribution is 2.61. The summed E-state index contributed by atoms with van der Waals surface area (Å²) in [5, 5.41) is 0.550. The molecule has 0 saturated carbocycles. The second kappa shape index (κ2) is 9.71. The Kier molecular flexibility index (Phi) is 6.06. The Hall–Kier alpha value is -4.68. The van der Waals surface area contributed by atoms with Crippen molar-refractivity contribution in [2.45, 2.75) is 18.0 Å². The van der Waals surface area contributed by atoms with Crippen molar-refractivity contribution in [3.05, 3.63) is 130 Å². The number of methoxy groups -OCH3 is 2. The molecule has 0 bridgehead atoms. The van der Waals surface area contributed by atoms with Gasteiger partial charge in [-0.15, -0.1) is 0 Å². The van der Waals surface area contributed by atoms with Crippen molar-refractivity contribution in [3.63, 3.8) is 0 Å². The molecule has 2 heterocycles. The lowest BCUT2D eigenvalue weighted by Gasteiger charge is -2.37. The number of hydrogen-bond donors (Lipinski definition) is 0. The van der Waals surface area contributed by atoms with E-state index in [9.17, 15) is 14.4 Å². The van der Waals surface area contributed by atoms with Crippen LogP contribution in [0.25, 0.3) is 6.08 Å². The van der Waals surface area contributed by atoms with Crippen molar-refractivity contribution in [1.82, 2.24) is 0 Å². The second-order valence-electron chi connectivity index (χ2n) is 10.8. The van der Waals surface area contributed by atoms with Gasteiger partial charge < -0.3 is 14.4 Å². The van der Waals surface area contributed by atoms with E-state index < -0.39 is 23.4 Å². The highest BCUT2D eigenvalue weighted by Gasteiger charge is 2.71. The van der Waals surface area contributed by atoms with Gasteiger partial charge in [-0.2, -0.15) is 0 Å². The van der Waals surface area contributed by atoms with Crippen LogP contribution in [-0.2, 0) is 0 Å². The molecule has 208 valence electrons. The van der Waals surface area contributed by atoms with Gasteiger partial charge in [0.05, 0.1) is 20.3 Å². The summed E-state index contributed by atoms with van der Waals surface area (Å²) in [4.78, 5) is 46.2. The van der Waals surface area contributed by atoms with Gasteiger partial charge in [-0.3, -0.25) is 14.4 Å². The first-order valence-electron chi connectivity index (χ1n) is 13.7. The second-order valence-corrected chi connectivity index (χ2v) is 11.2. The Morgan fingerprint density at radius 3 is 2.14 bits per heavy atom. The zero-order chi connectivity index (χ0) is 29.2. The van der Waals surface area contributed by atoms with E-state index in [1.54, 1.807) is 61.7 Å². The summed E-state index contributed by atoms with van der Waals surface area (Å²) in [6.07, 6.45) is 3.78. The zero-order valence-corrected chi connectivity index (χ0v) is 23.7. The molecular weight excluding hydrogens is 550 g/mol. The molecule has 7 rings (SSSR count). The van der Waals surface area contributed by atoms with Gasteiger partial charge in [-0.25, -0.2) is 0 Å². The number of rotatable bonds is 5. The molecule has 0 unspecified atom stereocenters. The van der Waals surface area contributed by atoms with Crippen molar-refractivity contribution in [1.29, 1.82) is 0 Å². The highest BCUT2D eigenvalue weighted by atomic mass is 35.5. The molecule has 0 N–H and O–H groups in total. The Morgan fingerprint density at radius 2 is 1.48 bits per heavy atom. The fourth-order valence-corrected chi connectivity index (χ4v) is 7.32. The quantitative estimate of drug-likeness (QED) is 0.195. The number of anilines is 1. The standard InChI is InChI=1S/C35H26ClNO5/c1-41-27-16-12-22(19-28(27)42-2)30-31(32(38)20-8-4-3-5-9-20)37-26-15-14-23(36)18-21(26)13-17-29(37)35(30)33(39)24-10-6-7-11-25(24)34(35)40/h3-19,29-31H,1-2H3/t29-,30+,31+/m0/s1. The number of Topliss-reactive ketones (excluding diaryl/α,β-unsaturated/α-hetero) is 3. The molecular formula is C35H26ClNO5. The van der Waals surface area contributed by atoms with Crippen LogP contribution in [0.3, 0.4) is 0 Å². The molecule has 4 aromatic rings. The highest BCUT2D eigenvalue weighted by molar-refractivity contribution is 6.32. The maximum Gasteiger partial charge on any atom is 0.185 e. The smallest absolute Gasteiger partial charge is 0.185 e. The van der Waals surface area contributed by atoms with Gasteiger partial charge in [-0.1, -0.05) is 84.4 Å². The summed E-state index contributed by atoms with van der Waals surface area (Å²) in [6.45, 7) is 0. The summed E-state index contributed by atoms with van der Waals surface area (Å²) in [7, 11) is 3.08. The number of hydrogen-bond acceptors (Lipinski definition) is 6. The third-order valence-electron chi connectivity index (χ3n) is 8.86. The first-order valence-corrected chi connectivity index (χ1v) is 14.1. The van der Waals surface area contributed by atoms with Crippen LogP contribution in [0.4, 0.5) is 5.69 Å². The maximum absolute atomic E-state index is 14.7. The lowest BCUT2D eigenvalue weighted by Crippen LogP contribution is -2.48. The molecule has 1 aliphatic carbocycles. The van der Waals surface area contributed by atoms with Crippen molar-refractivity contribution in [2.75, 3.05) is 19.1 Å². The van der Waals surface area contributed by atoms with E-state index in [0.717, 1.165) is 11.3 Å².